The molecule has 1 aromatic heterocycles. The maximum absolute atomic E-state index is 8.73. The molecular weight excluding hydrogens is 232 g/mol. The quantitative estimate of drug-likeness (QED) is 0.863. The molecule has 4 heteroatoms. The van der Waals surface area contributed by atoms with E-state index in [-0.39, 0.29) is 6.61 Å². The van der Waals surface area contributed by atoms with Crippen LogP contribution in [0.3, 0.4) is 0 Å². The molecule has 0 unspecified atom stereocenters. The van der Waals surface area contributed by atoms with Crippen LogP contribution in [0.15, 0.2) is 10.7 Å². The summed E-state index contributed by atoms with van der Waals surface area (Å²) in [4.78, 5) is 0. The molecule has 1 rings (SSSR count). The number of aromatic nitrogens is 2. The standard InChI is InChI=1S/C9H15BrN2O/c1-2-5-12-9(4-3-6-13)8(10)7-11-12/h7,13H,2-6H2,1H3. The van der Waals surface area contributed by atoms with E-state index < -0.39 is 0 Å². The van der Waals surface area contributed by atoms with Gasteiger partial charge in [-0.2, -0.15) is 5.10 Å². The lowest BCUT2D eigenvalue weighted by molar-refractivity contribution is 0.287. The third-order valence-corrected chi connectivity index (χ3v) is 2.57. The molecule has 0 aliphatic rings. The Morgan fingerprint density at radius 3 is 3.00 bits per heavy atom. The van der Waals surface area contributed by atoms with Gasteiger partial charge in [0.1, 0.15) is 0 Å². The molecule has 0 saturated heterocycles. The molecule has 13 heavy (non-hydrogen) atoms. The summed E-state index contributed by atoms with van der Waals surface area (Å²) in [7, 11) is 0. The molecule has 1 aromatic rings. The van der Waals surface area contributed by atoms with Gasteiger partial charge in [-0.3, -0.25) is 4.68 Å². The summed E-state index contributed by atoms with van der Waals surface area (Å²) in [6, 6.07) is 0. The van der Waals surface area contributed by atoms with Gasteiger partial charge < -0.3 is 5.11 Å². The maximum Gasteiger partial charge on any atom is 0.0635 e. The monoisotopic (exact) mass is 246 g/mol. The molecule has 74 valence electrons. The molecule has 1 heterocycles. The van der Waals surface area contributed by atoms with Crippen LogP contribution in [0.5, 0.6) is 0 Å². The Kier molecular flexibility index (Phi) is 4.45. The van der Waals surface area contributed by atoms with Crippen molar-refractivity contribution in [3.8, 4) is 0 Å². The van der Waals surface area contributed by atoms with Gasteiger partial charge in [0, 0.05) is 13.2 Å². The number of aliphatic hydroxyl groups is 1. The first-order valence-electron chi connectivity index (χ1n) is 4.60. The van der Waals surface area contributed by atoms with Gasteiger partial charge in [-0.25, -0.2) is 0 Å². The molecule has 3 nitrogen and oxygen atoms in total. The van der Waals surface area contributed by atoms with E-state index in [4.69, 9.17) is 5.11 Å². The van der Waals surface area contributed by atoms with Crippen molar-refractivity contribution in [2.75, 3.05) is 6.61 Å². The van der Waals surface area contributed by atoms with Crippen molar-refractivity contribution in [1.29, 1.82) is 0 Å². The fraction of sp³-hybridized carbons (Fsp3) is 0.667. The summed E-state index contributed by atoms with van der Waals surface area (Å²) < 4.78 is 3.05. The van der Waals surface area contributed by atoms with Crippen LogP contribution in [0.1, 0.15) is 25.5 Å². The van der Waals surface area contributed by atoms with Crippen LogP contribution < -0.4 is 0 Å². The topological polar surface area (TPSA) is 38.0 Å². The lowest BCUT2D eigenvalue weighted by Crippen LogP contribution is -2.05. The zero-order valence-corrected chi connectivity index (χ0v) is 9.42. The van der Waals surface area contributed by atoms with E-state index in [0.29, 0.717) is 0 Å². The highest BCUT2D eigenvalue weighted by atomic mass is 79.9. The van der Waals surface area contributed by atoms with E-state index in [1.54, 1.807) is 0 Å². The molecule has 0 bridgehead atoms. The first-order valence-corrected chi connectivity index (χ1v) is 5.40. The zero-order chi connectivity index (χ0) is 9.68. The molecule has 0 aliphatic carbocycles. The SMILES string of the molecule is CCCn1ncc(Br)c1CCCO. The molecule has 0 aliphatic heterocycles. The second-order valence-electron chi connectivity index (χ2n) is 2.99. The number of hydrogen-bond donors (Lipinski definition) is 1. The highest BCUT2D eigenvalue weighted by Gasteiger charge is 2.06. The number of halogens is 1. The Balaban J connectivity index is 2.69. The van der Waals surface area contributed by atoms with Gasteiger partial charge in [0.2, 0.25) is 0 Å². The average molecular weight is 247 g/mol. The van der Waals surface area contributed by atoms with Crippen LogP contribution in [-0.4, -0.2) is 21.5 Å². The largest absolute Gasteiger partial charge is 0.396 e. The van der Waals surface area contributed by atoms with Gasteiger partial charge in [-0.15, -0.1) is 0 Å². The number of hydrogen-bond acceptors (Lipinski definition) is 2. The molecule has 0 saturated carbocycles. The highest BCUT2D eigenvalue weighted by molar-refractivity contribution is 9.10. The molecule has 0 fully saturated rings. The second-order valence-corrected chi connectivity index (χ2v) is 3.84. The van der Waals surface area contributed by atoms with Crippen molar-refractivity contribution in [3.05, 3.63) is 16.4 Å². The lowest BCUT2D eigenvalue weighted by Gasteiger charge is -2.05. The predicted octanol–water partition coefficient (Wildman–Crippen LogP) is 1.98. The maximum atomic E-state index is 8.73. The van der Waals surface area contributed by atoms with Crippen LogP contribution in [0, 0.1) is 0 Å². The minimum absolute atomic E-state index is 0.240. The van der Waals surface area contributed by atoms with Gasteiger partial charge >= 0.3 is 0 Å². The van der Waals surface area contributed by atoms with Crippen molar-refractivity contribution in [2.45, 2.75) is 32.7 Å². The Labute approximate surface area is 86.9 Å². The van der Waals surface area contributed by atoms with Crippen molar-refractivity contribution < 1.29 is 5.11 Å². The van der Waals surface area contributed by atoms with Crippen molar-refractivity contribution in [3.63, 3.8) is 0 Å². The number of aliphatic hydroxyl groups excluding tert-OH is 1. The summed E-state index contributed by atoms with van der Waals surface area (Å²) in [6.07, 6.45) is 4.59. The smallest absolute Gasteiger partial charge is 0.0635 e. The molecular formula is C9H15BrN2O. The van der Waals surface area contributed by atoms with E-state index in [0.717, 1.165) is 30.3 Å². The van der Waals surface area contributed by atoms with Gasteiger partial charge in [-0.1, -0.05) is 6.92 Å². The molecule has 0 amide bonds. The minimum Gasteiger partial charge on any atom is -0.396 e. The van der Waals surface area contributed by atoms with Crippen molar-refractivity contribution >= 4 is 15.9 Å². The second kappa shape index (κ2) is 5.40. The van der Waals surface area contributed by atoms with Crippen LogP contribution >= 0.6 is 15.9 Å². The number of aryl methyl sites for hydroxylation is 1. The fourth-order valence-corrected chi connectivity index (χ4v) is 1.78. The van der Waals surface area contributed by atoms with E-state index in [1.165, 1.54) is 5.69 Å². The average Bonchev–Trinajstić information content (AvgIpc) is 2.45. The number of rotatable bonds is 5. The Morgan fingerprint density at radius 2 is 2.38 bits per heavy atom. The van der Waals surface area contributed by atoms with E-state index in [9.17, 15) is 0 Å². The van der Waals surface area contributed by atoms with Crippen LogP contribution in [-0.2, 0) is 13.0 Å². The summed E-state index contributed by atoms with van der Waals surface area (Å²) in [5.41, 5.74) is 1.19. The first-order chi connectivity index (χ1) is 6.29. The van der Waals surface area contributed by atoms with E-state index >= 15 is 0 Å². The fourth-order valence-electron chi connectivity index (χ4n) is 1.29. The number of nitrogens with zero attached hydrogens (tertiary/aromatic N) is 2. The minimum atomic E-state index is 0.240. The third kappa shape index (κ3) is 2.81. The van der Waals surface area contributed by atoms with E-state index in [2.05, 4.69) is 28.0 Å². The van der Waals surface area contributed by atoms with Gasteiger partial charge in [0.15, 0.2) is 0 Å². The van der Waals surface area contributed by atoms with Crippen LogP contribution in [0.25, 0.3) is 0 Å². The molecule has 1 N–H and O–H groups in total. The predicted molar refractivity (Wildman–Crippen MR) is 55.6 cm³/mol. The normalized spacial score (nSPS) is 10.7. The van der Waals surface area contributed by atoms with Gasteiger partial charge in [0.05, 0.1) is 16.4 Å². The zero-order valence-electron chi connectivity index (χ0n) is 7.83. The molecule has 0 atom stereocenters. The third-order valence-electron chi connectivity index (χ3n) is 1.90. The summed E-state index contributed by atoms with van der Waals surface area (Å²) in [6.45, 7) is 3.32. The first kappa shape index (κ1) is 10.7. The Bertz CT molecular complexity index is 260. The highest BCUT2D eigenvalue weighted by Crippen LogP contribution is 2.17. The van der Waals surface area contributed by atoms with Gasteiger partial charge in [-0.05, 0) is 35.2 Å². The molecule has 0 radical (unpaired) electrons. The summed E-state index contributed by atoms with van der Waals surface area (Å²) >= 11 is 3.45. The van der Waals surface area contributed by atoms with Crippen LogP contribution in [0.4, 0.5) is 0 Å². The lowest BCUT2D eigenvalue weighted by atomic mass is 10.2. The van der Waals surface area contributed by atoms with Gasteiger partial charge in [0.25, 0.3) is 0 Å². The van der Waals surface area contributed by atoms with Crippen molar-refractivity contribution in [1.82, 2.24) is 9.78 Å². The Morgan fingerprint density at radius 1 is 1.62 bits per heavy atom. The van der Waals surface area contributed by atoms with Crippen LogP contribution in [0.2, 0.25) is 0 Å². The van der Waals surface area contributed by atoms with E-state index in [1.807, 2.05) is 10.9 Å². The Hall–Kier alpha value is -0.350. The molecule has 0 aromatic carbocycles. The summed E-state index contributed by atoms with van der Waals surface area (Å²) in [5, 5.41) is 13.0. The summed E-state index contributed by atoms with van der Waals surface area (Å²) in [5.74, 6) is 0. The molecule has 0 spiro atoms. The van der Waals surface area contributed by atoms with Crippen molar-refractivity contribution in [2.24, 2.45) is 0 Å².